The minimum absolute atomic E-state index is 0.581. The third-order valence-electron chi connectivity index (χ3n) is 3.84. The maximum absolute atomic E-state index is 4.20. The molecule has 2 saturated heterocycles. The maximum Gasteiger partial charge on any atom is 0.0244 e. The molecule has 94 valence electrons. The lowest BCUT2D eigenvalue weighted by molar-refractivity contribution is 0.299. The summed E-state index contributed by atoms with van der Waals surface area (Å²) in [5.41, 5.74) is 1.91. The third kappa shape index (κ3) is 2.79. The van der Waals surface area contributed by atoms with E-state index in [0.29, 0.717) is 11.3 Å². The number of nitrogens with one attached hydrogen (secondary N) is 1. The van der Waals surface area contributed by atoms with E-state index in [9.17, 15) is 0 Å². The first-order valence-electron chi connectivity index (χ1n) is 6.77. The molecule has 2 rings (SSSR count). The Morgan fingerprint density at radius 1 is 1.31 bits per heavy atom. The monoisotopic (exact) mass is 224 g/mol. The van der Waals surface area contributed by atoms with Crippen molar-refractivity contribution in [1.29, 1.82) is 0 Å². The molecule has 2 heteroatoms. The SMILES string of the molecule is C=C(C(C)C)N1CCC2(CCNC2)C1.CC. The molecule has 0 aromatic rings. The van der Waals surface area contributed by atoms with Gasteiger partial charge in [0.05, 0.1) is 0 Å². The van der Waals surface area contributed by atoms with Gasteiger partial charge in [0.15, 0.2) is 0 Å². The van der Waals surface area contributed by atoms with Crippen molar-refractivity contribution >= 4 is 0 Å². The summed E-state index contributed by atoms with van der Waals surface area (Å²) < 4.78 is 0. The minimum atomic E-state index is 0.581. The van der Waals surface area contributed by atoms with Gasteiger partial charge in [-0.3, -0.25) is 0 Å². The van der Waals surface area contributed by atoms with Gasteiger partial charge in [-0.25, -0.2) is 0 Å². The van der Waals surface area contributed by atoms with Crippen molar-refractivity contribution in [3.05, 3.63) is 12.3 Å². The van der Waals surface area contributed by atoms with E-state index in [0.717, 1.165) is 0 Å². The first-order chi connectivity index (χ1) is 7.63. The van der Waals surface area contributed by atoms with Gasteiger partial charge < -0.3 is 10.2 Å². The minimum Gasteiger partial charge on any atom is -0.374 e. The lowest BCUT2D eigenvalue weighted by atomic mass is 9.86. The number of hydrogen-bond donors (Lipinski definition) is 1. The fourth-order valence-electron chi connectivity index (χ4n) is 2.69. The van der Waals surface area contributed by atoms with Gasteiger partial charge in [-0.15, -0.1) is 0 Å². The van der Waals surface area contributed by atoms with Crippen LogP contribution < -0.4 is 5.32 Å². The van der Waals surface area contributed by atoms with E-state index >= 15 is 0 Å². The topological polar surface area (TPSA) is 15.3 Å². The van der Waals surface area contributed by atoms with Crippen molar-refractivity contribution in [2.45, 2.75) is 40.5 Å². The quantitative estimate of drug-likeness (QED) is 0.776. The Hall–Kier alpha value is -0.500. The third-order valence-corrected chi connectivity index (χ3v) is 3.84. The number of likely N-dealkylation sites (tertiary alicyclic amines) is 1. The molecule has 1 unspecified atom stereocenters. The van der Waals surface area contributed by atoms with Crippen LogP contribution in [-0.2, 0) is 0 Å². The van der Waals surface area contributed by atoms with Gasteiger partial charge in [-0.1, -0.05) is 34.3 Å². The smallest absolute Gasteiger partial charge is 0.0244 e. The Bertz CT molecular complexity index is 227. The van der Waals surface area contributed by atoms with E-state index in [-0.39, 0.29) is 0 Å². The lowest BCUT2D eigenvalue weighted by Gasteiger charge is -2.27. The van der Waals surface area contributed by atoms with Crippen LogP contribution in [0, 0.1) is 11.3 Å². The predicted octanol–water partition coefficient (Wildman–Crippen LogP) is 2.87. The summed E-state index contributed by atoms with van der Waals surface area (Å²) >= 11 is 0. The Labute approximate surface area is 101 Å². The fraction of sp³-hybridized carbons (Fsp3) is 0.857. The van der Waals surface area contributed by atoms with E-state index in [1.54, 1.807) is 0 Å². The van der Waals surface area contributed by atoms with Crippen LogP contribution >= 0.6 is 0 Å². The maximum atomic E-state index is 4.20. The molecule has 0 saturated carbocycles. The first-order valence-corrected chi connectivity index (χ1v) is 6.77. The van der Waals surface area contributed by atoms with E-state index < -0.39 is 0 Å². The van der Waals surface area contributed by atoms with E-state index in [1.807, 2.05) is 13.8 Å². The highest BCUT2D eigenvalue weighted by molar-refractivity contribution is 5.05. The molecule has 1 atom stereocenters. The van der Waals surface area contributed by atoms with Crippen LogP contribution in [0.3, 0.4) is 0 Å². The molecule has 1 N–H and O–H groups in total. The molecule has 1 spiro atoms. The standard InChI is InChI=1S/C12H22N2.C2H6/c1-10(2)11(3)14-7-5-12(9-14)4-6-13-8-12;1-2/h10,13H,3-9H2,1-2H3;1-2H3. The molecule has 2 nitrogen and oxygen atoms in total. The van der Waals surface area contributed by atoms with Crippen LogP contribution in [0.5, 0.6) is 0 Å². The van der Waals surface area contributed by atoms with Gasteiger partial charge in [0, 0.05) is 30.7 Å². The summed E-state index contributed by atoms with van der Waals surface area (Å²) in [5.74, 6) is 0.597. The van der Waals surface area contributed by atoms with Crippen molar-refractivity contribution in [1.82, 2.24) is 10.2 Å². The van der Waals surface area contributed by atoms with Crippen molar-refractivity contribution in [3.8, 4) is 0 Å². The number of allylic oxidation sites excluding steroid dienone is 1. The molecular weight excluding hydrogens is 196 g/mol. The summed E-state index contributed by atoms with van der Waals surface area (Å²) in [4.78, 5) is 2.50. The van der Waals surface area contributed by atoms with E-state index in [4.69, 9.17) is 0 Å². The van der Waals surface area contributed by atoms with Gasteiger partial charge in [-0.2, -0.15) is 0 Å². The normalized spacial score (nSPS) is 28.4. The van der Waals surface area contributed by atoms with Crippen molar-refractivity contribution in [2.75, 3.05) is 26.2 Å². The Morgan fingerprint density at radius 2 is 2.00 bits per heavy atom. The van der Waals surface area contributed by atoms with Crippen LogP contribution in [0.25, 0.3) is 0 Å². The summed E-state index contributed by atoms with van der Waals surface area (Å²) in [7, 11) is 0. The van der Waals surface area contributed by atoms with Crippen molar-refractivity contribution in [3.63, 3.8) is 0 Å². The average Bonchev–Trinajstić information content (AvgIpc) is 2.91. The van der Waals surface area contributed by atoms with Gasteiger partial charge in [0.25, 0.3) is 0 Å². The van der Waals surface area contributed by atoms with E-state index in [1.165, 1.54) is 44.7 Å². The largest absolute Gasteiger partial charge is 0.374 e. The molecule has 16 heavy (non-hydrogen) atoms. The van der Waals surface area contributed by atoms with Crippen LogP contribution in [0.2, 0.25) is 0 Å². The Kier molecular flexibility index (Phi) is 4.85. The van der Waals surface area contributed by atoms with Crippen molar-refractivity contribution < 1.29 is 0 Å². The summed E-state index contributed by atoms with van der Waals surface area (Å²) in [6.07, 6.45) is 2.71. The Morgan fingerprint density at radius 3 is 2.50 bits per heavy atom. The summed E-state index contributed by atoms with van der Waals surface area (Å²) in [5, 5.41) is 3.49. The molecule has 0 bridgehead atoms. The molecule has 2 fully saturated rings. The van der Waals surface area contributed by atoms with E-state index in [2.05, 4.69) is 30.6 Å². The predicted molar refractivity (Wildman–Crippen MR) is 71.4 cm³/mol. The summed E-state index contributed by atoms with van der Waals surface area (Å²) in [6, 6.07) is 0. The average molecular weight is 224 g/mol. The highest BCUT2D eigenvalue weighted by Gasteiger charge is 2.40. The van der Waals surface area contributed by atoms with Gasteiger partial charge in [-0.05, 0) is 25.3 Å². The second-order valence-electron chi connectivity index (χ2n) is 5.24. The molecule has 2 aliphatic heterocycles. The zero-order valence-corrected chi connectivity index (χ0v) is 11.5. The van der Waals surface area contributed by atoms with Crippen LogP contribution in [0.4, 0.5) is 0 Å². The number of nitrogens with zero attached hydrogens (tertiary/aromatic N) is 1. The molecule has 0 aliphatic carbocycles. The van der Waals surface area contributed by atoms with Crippen molar-refractivity contribution in [2.24, 2.45) is 11.3 Å². The second-order valence-corrected chi connectivity index (χ2v) is 5.24. The lowest BCUT2D eigenvalue weighted by Crippen LogP contribution is -2.29. The van der Waals surface area contributed by atoms with Gasteiger partial charge >= 0.3 is 0 Å². The Balaban J connectivity index is 0.000000606. The highest BCUT2D eigenvalue weighted by Crippen LogP contribution is 2.38. The highest BCUT2D eigenvalue weighted by atomic mass is 15.2. The van der Waals surface area contributed by atoms with Gasteiger partial charge in [0.1, 0.15) is 0 Å². The second kappa shape index (κ2) is 5.72. The first kappa shape index (κ1) is 13.6. The zero-order chi connectivity index (χ0) is 12.2. The molecule has 0 radical (unpaired) electrons. The number of rotatable bonds is 2. The molecular formula is C14H28N2. The fourth-order valence-corrected chi connectivity index (χ4v) is 2.69. The van der Waals surface area contributed by atoms with Crippen LogP contribution in [0.1, 0.15) is 40.5 Å². The molecule has 2 aliphatic rings. The zero-order valence-electron chi connectivity index (χ0n) is 11.5. The molecule has 0 aromatic heterocycles. The molecule has 0 aromatic carbocycles. The van der Waals surface area contributed by atoms with Crippen LogP contribution in [0.15, 0.2) is 12.3 Å². The molecule has 2 heterocycles. The number of hydrogen-bond acceptors (Lipinski definition) is 2. The van der Waals surface area contributed by atoms with Crippen LogP contribution in [-0.4, -0.2) is 31.1 Å². The molecule has 0 amide bonds. The summed E-state index contributed by atoms with van der Waals surface area (Å²) in [6.45, 7) is 17.6. The van der Waals surface area contributed by atoms with Gasteiger partial charge in [0.2, 0.25) is 0 Å².